The minimum Gasteiger partial charge on any atom is -0.477 e. The van der Waals surface area contributed by atoms with Gasteiger partial charge in [-0.15, -0.1) is 0 Å². The molecule has 2 aromatic carbocycles. The van der Waals surface area contributed by atoms with Crippen molar-refractivity contribution in [3.63, 3.8) is 0 Å². The van der Waals surface area contributed by atoms with Crippen LogP contribution in [0.1, 0.15) is 76.4 Å². The van der Waals surface area contributed by atoms with Crippen molar-refractivity contribution >= 4 is 52.9 Å². The maximum atomic E-state index is 11.5. The van der Waals surface area contributed by atoms with E-state index < -0.39 is 11.9 Å². The Labute approximate surface area is 436 Å². The van der Waals surface area contributed by atoms with Crippen LogP contribution in [0.5, 0.6) is 23.0 Å². The fourth-order valence-corrected chi connectivity index (χ4v) is 5.61. The maximum absolute atomic E-state index is 11.5. The Morgan fingerprint density at radius 3 is 1.39 bits per heavy atom. The highest BCUT2D eigenvalue weighted by Crippen LogP contribution is 2.23. The van der Waals surface area contributed by atoms with Gasteiger partial charge in [-0.25, -0.2) is 19.6 Å². The summed E-state index contributed by atoms with van der Waals surface area (Å²) in [5.41, 5.74) is 8.37. The Hall–Kier alpha value is -8.87. The molecule has 0 aliphatic carbocycles. The van der Waals surface area contributed by atoms with Gasteiger partial charge in [-0.3, -0.25) is 29.3 Å². The molecule has 7 aromatic rings. The number of halogens is 2. The normalized spacial score (nSPS) is 10.5. The van der Waals surface area contributed by atoms with Gasteiger partial charge in [-0.05, 0) is 103 Å². The van der Waals surface area contributed by atoms with E-state index in [0.29, 0.717) is 56.5 Å². The highest BCUT2D eigenvalue weighted by atomic mass is 35.5. The van der Waals surface area contributed by atoms with Crippen molar-refractivity contribution in [3.8, 4) is 29.1 Å². The zero-order chi connectivity index (χ0) is 54.1. The van der Waals surface area contributed by atoms with Crippen molar-refractivity contribution in [2.24, 2.45) is 5.73 Å². The number of aromatic nitrogens is 5. The minimum absolute atomic E-state index is 0.0810. The third-order valence-electron chi connectivity index (χ3n) is 9.01. The molecular formula is C52H52Cl2N10O10. The van der Waals surface area contributed by atoms with Gasteiger partial charge in [-0.2, -0.15) is 5.26 Å². The number of pyridine rings is 5. The number of carboxylic acid groups (broad SMARTS) is 1. The van der Waals surface area contributed by atoms with Crippen LogP contribution in [-0.2, 0) is 16.0 Å². The van der Waals surface area contributed by atoms with Crippen molar-refractivity contribution in [1.29, 1.82) is 5.26 Å². The van der Waals surface area contributed by atoms with E-state index in [1.165, 1.54) is 76.2 Å². The molecule has 6 N–H and O–H groups in total. The summed E-state index contributed by atoms with van der Waals surface area (Å²) in [6.07, 6.45) is 9.99. The number of carboxylic acids is 1. The number of nitrogens with two attached hydrogens (primary N) is 1. The summed E-state index contributed by atoms with van der Waals surface area (Å²) in [5, 5.41) is 25.5. The number of rotatable bonds is 10. The van der Waals surface area contributed by atoms with Crippen LogP contribution in [-0.4, -0.2) is 101 Å². The van der Waals surface area contributed by atoms with Crippen LogP contribution in [0.2, 0.25) is 10.0 Å². The predicted octanol–water partition coefficient (Wildman–Crippen LogP) is 7.99. The zero-order valence-corrected chi connectivity index (χ0v) is 42.0. The van der Waals surface area contributed by atoms with Crippen LogP contribution < -0.4 is 31.2 Å². The lowest BCUT2D eigenvalue weighted by Crippen LogP contribution is -2.18. The van der Waals surface area contributed by atoms with Gasteiger partial charge < -0.3 is 45.7 Å². The fraction of sp³-hybridized carbons (Fsp3) is 0.173. The maximum Gasteiger partial charge on any atom is 0.356 e. The summed E-state index contributed by atoms with van der Waals surface area (Å²) in [7, 11) is 5.94. The van der Waals surface area contributed by atoms with Crippen LogP contribution >= 0.6 is 23.2 Å². The molecule has 1 fully saturated rings. The van der Waals surface area contributed by atoms with Gasteiger partial charge in [0, 0.05) is 94.1 Å². The number of carbonyl (C=O) groups excluding carboxylic acids is 4. The standard InChI is InChI=1S/C14H15N3O2.C14H11N3O2.C7H7ClN2O.C7H6ClNO2.C6H5NO2.C4H8O/c2*1-16-14(18)13-8-12(6-7-17-13)19-11-4-2-10(9-15)3-5-11;1-9-7(11)6-4-5(8)2-3-10-6;1-11-7(10)6-4-5(8)2-3-9-6;8-6(9)5-3-1-2-4-7-5;1-2-4-5-3-1/h2-8H,9,15H2,1H3,(H,16,18);2-8H,1H3,(H,16,18);2-4H,1H3,(H,9,11);2-4H,1H3;1-4H,(H,8,9);1-4H2. The third-order valence-corrected chi connectivity index (χ3v) is 9.48. The Morgan fingerprint density at radius 2 is 1.03 bits per heavy atom. The van der Waals surface area contributed by atoms with E-state index in [1.54, 1.807) is 86.9 Å². The number of aromatic carboxylic acids is 1. The van der Waals surface area contributed by atoms with Crippen molar-refractivity contribution in [1.82, 2.24) is 40.9 Å². The molecule has 0 radical (unpaired) electrons. The molecule has 8 rings (SSSR count). The Morgan fingerprint density at radius 1 is 0.595 bits per heavy atom. The molecule has 1 saturated heterocycles. The second-order valence-corrected chi connectivity index (χ2v) is 15.1. The van der Waals surface area contributed by atoms with E-state index in [0.717, 1.165) is 18.8 Å². The molecule has 0 bridgehead atoms. The summed E-state index contributed by atoms with van der Waals surface area (Å²) < 4.78 is 20.6. The second kappa shape index (κ2) is 33.7. The fourth-order valence-electron chi connectivity index (χ4n) is 5.29. The number of carbonyl (C=O) groups is 5. The lowest BCUT2D eigenvalue weighted by Gasteiger charge is -2.07. The number of nitrogens with zero attached hydrogens (tertiary/aromatic N) is 6. The van der Waals surface area contributed by atoms with Crippen LogP contribution in [0, 0.1) is 11.3 Å². The minimum atomic E-state index is -0.990. The van der Waals surface area contributed by atoms with Crippen LogP contribution in [0.4, 0.5) is 0 Å². The zero-order valence-electron chi connectivity index (χ0n) is 40.5. The van der Waals surface area contributed by atoms with Crippen LogP contribution in [0.3, 0.4) is 0 Å². The Balaban J connectivity index is 0.000000245. The number of benzene rings is 2. The lowest BCUT2D eigenvalue weighted by atomic mass is 10.2. The molecule has 1 aliphatic heterocycles. The summed E-state index contributed by atoms with van der Waals surface area (Å²) in [6.45, 7) is 2.50. The smallest absolute Gasteiger partial charge is 0.356 e. The first kappa shape index (κ1) is 59.4. The number of esters is 1. The van der Waals surface area contributed by atoms with E-state index in [9.17, 15) is 24.0 Å². The molecule has 1 aliphatic rings. The first-order valence-electron chi connectivity index (χ1n) is 22.0. The first-order chi connectivity index (χ1) is 35.7. The quantitative estimate of drug-likeness (QED) is 0.0811. The van der Waals surface area contributed by atoms with E-state index in [2.05, 4.69) is 45.6 Å². The number of hydrogen-bond donors (Lipinski definition) is 5. The molecule has 20 nitrogen and oxygen atoms in total. The van der Waals surface area contributed by atoms with Crippen LogP contribution in [0.25, 0.3) is 0 Å². The number of hydrogen-bond acceptors (Lipinski definition) is 16. The molecule has 0 saturated carbocycles. The van der Waals surface area contributed by atoms with Crippen molar-refractivity contribution in [2.75, 3.05) is 41.5 Å². The van der Waals surface area contributed by atoms with E-state index >= 15 is 0 Å². The molecule has 384 valence electrons. The number of nitriles is 1. The molecule has 0 unspecified atom stereocenters. The number of ether oxygens (including phenoxy) is 4. The van der Waals surface area contributed by atoms with Crippen molar-refractivity contribution in [3.05, 3.63) is 196 Å². The molecule has 3 amide bonds. The van der Waals surface area contributed by atoms with E-state index in [1.807, 2.05) is 30.3 Å². The van der Waals surface area contributed by atoms with Crippen molar-refractivity contribution in [2.45, 2.75) is 19.4 Å². The largest absolute Gasteiger partial charge is 0.477 e. The molecule has 22 heteroatoms. The first-order valence-corrected chi connectivity index (χ1v) is 22.8. The van der Waals surface area contributed by atoms with Crippen LogP contribution in [0.15, 0.2) is 146 Å². The Bertz CT molecular complexity index is 2840. The van der Waals surface area contributed by atoms with Gasteiger partial charge in [0.2, 0.25) is 0 Å². The van der Waals surface area contributed by atoms with E-state index in [4.69, 9.17) is 53.5 Å². The lowest BCUT2D eigenvalue weighted by molar-refractivity contribution is 0.0592. The highest BCUT2D eigenvalue weighted by molar-refractivity contribution is 6.31. The predicted molar refractivity (Wildman–Crippen MR) is 275 cm³/mol. The average Bonchev–Trinajstić information content (AvgIpc) is 4.05. The summed E-state index contributed by atoms with van der Waals surface area (Å²) >= 11 is 11.2. The van der Waals surface area contributed by atoms with Crippen molar-refractivity contribution < 1.29 is 48.0 Å². The molecular weight excluding hydrogens is 996 g/mol. The highest BCUT2D eigenvalue weighted by Gasteiger charge is 2.09. The molecule has 0 spiro atoms. The summed E-state index contributed by atoms with van der Waals surface area (Å²) in [4.78, 5) is 73.8. The van der Waals surface area contributed by atoms with Gasteiger partial charge in [0.25, 0.3) is 17.7 Å². The number of methoxy groups -OCH3 is 1. The van der Waals surface area contributed by atoms with Gasteiger partial charge in [0.15, 0.2) is 0 Å². The number of nitrogens with one attached hydrogen (secondary N) is 3. The monoisotopic (exact) mass is 1050 g/mol. The topological polar surface area (TPSA) is 293 Å². The molecule has 6 heterocycles. The van der Waals surface area contributed by atoms with Gasteiger partial charge >= 0.3 is 11.9 Å². The number of amides is 3. The molecule has 74 heavy (non-hydrogen) atoms. The average molecular weight is 1050 g/mol. The SMILES string of the molecule is C1CCOC1.CNC(=O)c1cc(Cl)ccn1.CNC(=O)c1cc(Oc2ccc(C#N)cc2)ccn1.CNC(=O)c1cc(Oc2ccc(CN)cc2)ccn1.COC(=O)c1cc(Cl)ccn1.O=C(O)c1ccccn1. The van der Waals surface area contributed by atoms with Gasteiger partial charge in [0.1, 0.15) is 51.5 Å². The third kappa shape index (κ3) is 22.5. The molecule has 5 aromatic heterocycles. The Kier molecular flexibility index (Phi) is 27.0. The van der Waals surface area contributed by atoms with E-state index in [-0.39, 0.29) is 34.8 Å². The second-order valence-electron chi connectivity index (χ2n) is 14.2. The molecule has 0 atom stereocenters. The summed E-state index contributed by atoms with van der Waals surface area (Å²) in [5.74, 6) is 0.136. The van der Waals surface area contributed by atoms with Gasteiger partial charge in [-0.1, -0.05) is 41.4 Å². The summed E-state index contributed by atoms with van der Waals surface area (Å²) in [6, 6.07) is 33.6. The van der Waals surface area contributed by atoms with Gasteiger partial charge in [0.05, 0.1) is 18.7 Å².